The summed E-state index contributed by atoms with van der Waals surface area (Å²) in [6.07, 6.45) is -2.43. The first-order chi connectivity index (χ1) is 17.5. The van der Waals surface area contributed by atoms with Crippen molar-refractivity contribution in [3.05, 3.63) is 47.2 Å². The zero-order valence-electron chi connectivity index (χ0n) is 19.6. The largest absolute Gasteiger partial charge is 0.477 e. The lowest BCUT2D eigenvalue weighted by molar-refractivity contribution is -0.137. The van der Waals surface area contributed by atoms with Crippen LogP contribution in [0.1, 0.15) is 37.1 Å². The molecule has 37 heavy (non-hydrogen) atoms. The lowest BCUT2D eigenvalue weighted by atomic mass is 10.1. The third-order valence-corrected chi connectivity index (χ3v) is 7.97. The molecule has 1 saturated carbocycles. The number of nitrogens with one attached hydrogen (secondary N) is 2. The molecule has 0 radical (unpaired) electrons. The number of carbonyl (C=O) groups is 1. The summed E-state index contributed by atoms with van der Waals surface area (Å²) in [5.74, 6) is -0.753. The molecule has 198 valence electrons. The van der Waals surface area contributed by atoms with Crippen LogP contribution in [0.3, 0.4) is 0 Å². The van der Waals surface area contributed by atoms with Crippen LogP contribution in [0, 0.1) is 0 Å². The van der Waals surface area contributed by atoms with Crippen LogP contribution < -0.4 is 14.8 Å². The van der Waals surface area contributed by atoms with Gasteiger partial charge in [-0.1, -0.05) is 6.07 Å². The number of hydrogen-bond donors (Lipinski definition) is 2. The summed E-state index contributed by atoms with van der Waals surface area (Å²) in [4.78, 5) is 25.1. The van der Waals surface area contributed by atoms with Gasteiger partial charge in [0.2, 0.25) is 15.9 Å². The average Bonchev–Trinajstić information content (AvgIpc) is 3.61. The minimum absolute atomic E-state index is 0.0347. The van der Waals surface area contributed by atoms with Crippen LogP contribution in [-0.4, -0.2) is 48.2 Å². The Labute approximate surface area is 214 Å². The standard InChI is InChI=1S/C22H22F3N5O5S2/c1-3-35-18-10-26-9-16(27-18)12-4-7-15(14(8-12)22(23,24)25)28-20(31)19(34-2)17-11-36-21(29-17)30-37(32,33)13-5-6-13/h4,7-11,13,19H,3,5-6H2,1-2H3,(H,28,31)(H,29,30). The molecule has 0 aliphatic heterocycles. The van der Waals surface area contributed by atoms with E-state index in [2.05, 4.69) is 25.0 Å². The van der Waals surface area contributed by atoms with Gasteiger partial charge < -0.3 is 14.8 Å². The van der Waals surface area contributed by atoms with E-state index in [0.29, 0.717) is 19.4 Å². The number of benzene rings is 1. The number of anilines is 2. The third kappa shape index (κ3) is 6.34. The average molecular weight is 558 g/mol. The fourth-order valence-electron chi connectivity index (χ4n) is 3.35. The van der Waals surface area contributed by atoms with Gasteiger partial charge in [0.05, 0.1) is 46.9 Å². The highest BCUT2D eigenvalue weighted by Gasteiger charge is 2.37. The van der Waals surface area contributed by atoms with E-state index in [1.54, 1.807) is 6.92 Å². The minimum Gasteiger partial charge on any atom is -0.477 e. The molecule has 15 heteroatoms. The van der Waals surface area contributed by atoms with Gasteiger partial charge in [-0.05, 0) is 31.9 Å². The third-order valence-electron chi connectivity index (χ3n) is 5.24. The summed E-state index contributed by atoms with van der Waals surface area (Å²) in [7, 11) is -2.38. The van der Waals surface area contributed by atoms with Crippen molar-refractivity contribution in [3.8, 4) is 17.1 Å². The summed E-state index contributed by atoms with van der Waals surface area (Å²) in [5.41, 5.74) is -1.27. The van der Waals surface area contributed by atoms with Gasteiger partial charge in [0.25, 0.3) is 5.91 Å². The van der Waals surface area contributed by atoms with E-state index >= 15 is 0 Å². The maximum Gasteiger partial charge on any atom is 0.418 e. The molecule has 1 aliphatic carbocycles. The quantitative estimate of drug-likeness (QED) is 0.378. The molecule has 1 aliphatic rings. The van der Waals surface area contributed by atoms with Crippen LogP contribution >= 0.6 is 11.3 Å². The van der Waals surface area contributed by atoms with Crippen molar-refractivity contribution in [1.82, 2.24) is 15.0 Å². The normalized spacial score (nSPS) is 14.7. The van der Waals surface area contributed by atoms with Gasteiger partial charge in [-0.25, -0.2) is 18.4 Å². The molecule has 2 N–H and O–H groups in total. The van der Waals surface area contributed by atoms with E-state index in [1.165, 1.54) is 30.9 Å². The molecule has 0 spiro atoms. The fraction of sp³-hybridized carbons (Fsp3) is 0.364. The van der Waals surface area contributed by atoms with Crippen molar-refractivity contribution in [2.24, 2.45) is 0 Å². The van der Waals surface area contributed by atoms with Gasteiger partial charge in [-0.15, -0.1) is 11.3 Å². The highest BCUT2D eigenvalue weighted by molar-refractivity contribution is 7.93. The smallest absolute Gasteiger partial charge is 0.418 e. The Kier molecular flexibility index (Phi) is 7.66. The van der Waals surface area contributed by atoms with E-state index in [1.807, 2.05) is 0 Å². The number of methoxy groups -OCH3 is 1. The molecule has 1 amide bonds. The first kappa shape index (κ1) is 26.8. The van der Waals surface area contributed by atoms with E-state index in [0.717, 1.165) is 23.5 Å². The van der Waals surface area contributed by atoms with Crippen molar-refractivity contribution in [3.63, 3.8) is 0 Å². The maximum absolute atomic E-state index is 13.9. The van der Waals surface area contributed by atoms with Crippen molar-refractivity contribution < 1.29 is 35.9 Å². The second-order valence-electron chi connectivity index (χ2n) is 7.96. The van der Waals surface area contributed by atoms with Gasteiger partial charge >= 0.3 is 6.18 Å². The van der Waals surface area contributed by atoms with E-state index in [4.69, 9.17) is 9.47 Å². The summed E-state index contributed by atoms with van der Waals surface area (Å²) in [6, 6.07) is 3.32. The number of ether oxygens (including phenoxy) is 2. The van der Waals surface area contributed by atoms with Gasteiger partial charge in [-0.2, -0.15) is 13.2 Å². The van der Waals surface area contributed by atoms with Crippen LogP contribution in [0.15, 0.2) is 36.0 Å². The van der Waals surface area contributed by atoms with Gasteiger partial charge in [0.15, 0.2) is 11.2 Å². The number of nitrogens with zero attached hydrogens (tertiary/aromatic N) is 3. The Morgan fingerprint density at radius 3 is 2.65 bits per heavy atom. The Hall–Kier alpha value is -3.30. The monoisotopic (exact) mass is 557 g/mol. The summed E-state index contributed by atoms with van der Waals surface area (Å²) < 4.78 is 78.8. The fourth-order valence-corrected chi connectivity index (χ4v) is 5.67. The first-order valence-electron chi connectivity index (χ1n) is 11.0. The zero-order valence-corrected chi connectivity index (χ0v) is 21.2. The molecule has 4 rings (SSSR count). The Morgan fingerprint density at radius 1 is 1.24 bits per heavy atom. The van der Waals surface area contributed by atoms with Crippen LogP contribution in [-0.2, 0) is 25.7 Å². The van der Waals surface area contributed by atoms with Crippen molar-refractivity contribution >= 4 is 38.1 Å². The molecule has 3 aromatic rings. The van der Waals surface area contributed by atoms with Crippen LogP contribution in [0.5, 0.6) is 5.88 Å². The topological polar surface area (TPSA) is 132 Å². The SMILES string of the molecule is CCOc1cncc(-c2ccc(NC(=O)C(OC)c3csc(NS(=O)(=O)C4CC4)n3)c(C(F)(F)F)c2)n1. The number of aromatic nitrogens is 3. The number of rotatable bonds is 10. The predicted molar refractivity (Wildman–Crippen MR) is 130 cm³/mol. The number of amides is 1. The van der Waals surface area contributed by atoms with Crippen LogP contribution in [0.2, 0.25) is 0 Å². The van der Waals surface area contributed by atoms with Crippen molar-refractivity contribution in [2.45, 2.75) is 37.3 Å². The molecule has 0 bridgehead atoms. The summed E-state index contributed by atoms with van der Waals surface area (Å²) >= 11 is 0.936. The lowest BCUT2D eigenvalue weighted by Gasteiger charge is -2.18. The Bertz CT molecular complexity index is 1390. The van der Waals surface area contributed by atoms with Crippen molar-refractivity contribution in [2.75, 3.05) is 23.8 Å². The highest BCUT2D eigenvalue weighted by atomic mass is 32.2. The summed E-state index contributed by atoms with van der Waals surface area (Å²) in [6.45, 7) is 2.05. The van der Waals surface area contributed by atoms with Gasteiger partial charge in [0, 0.05) is 18.1 Å². The molecular formula is C22H22F3N5O5S2. The molecule has 10 nitrogen and oxygen atoms in total. The second-order valence-corrected chi connectivity index (χ2v) is 10.8. The second kappa shape index (κ2) is 10.6. The number of halogens is 3. The molecule has 1 atom stereocenters. The van der Waals surface area contributed by atoms with Crippen LogP contribution in [0.25, 0.3) is 11.3 Å². The molecule has 2 aromatic heterocycles. The first-order valence-corrected chi connectivity index (χ1v) is 13.4. The van der Waals surface area contributed by atoms with Gasteiger partial charge in [0.1, 0.15) is 0 Å². The van der Waals surface area contributed by atoms with Crippen molar-refractivity contribution in [1.29, 1.82) is 0 Å². The van der Waals surface area contributed by atoms with Crippen LogP contribution in [0.4, 0.5) is 24.0 Å². The minimum atomic E-state index is -4.80. The molecule has 2 heterocycles. The van der Waals surface area contributed by atoms with E-state index in [9.17, 15) is 26.4 Å². The molecular weight excluding hydrogens is 535 g/mol. The zero-order chi connectivity index (χ0) is 26.8. The Balaban J connectivity index is 1.57. The number of hydrogen-bond acceptors (Lipinski definition) is 9. The molecule has 1 aromatic carbocycles. The number of sulfonamides is 1. The summed E-state index contributed by atoms with van der Waals surface area (Å²) in [5, 5.41) is 3.20. The number of thiazole rings is 1. The Morgan fingerprint density at radius 2 is 2.00 bits per heavy atom. The number of carbonyl (C=O) groups excluding carboxylic acids is 1. The van der Waals surface area contributed by atoms with E-state index < -0.39 is 44.7 Å². The molecule has 1 unspecified atom stereocenters. The lowest BCUT2D eigenvalue weighted by Crippen LogP contribution is -2.24. The maximum atomic E-state index is 13.9. The van der Waals surface area contributed by atoms with E-state index in [-0.39, 0.29) is 28.0 Å². The van der Waals surface area contributed by atoms with Gasteiger partial charge in [-0.3, -0.25) is 14.5 Å². The molecule has 0 saturated heterocycles. The number of alkyl halides is 3. The highest BCUT2D eigenvalue weighted by Crippen LogP contribution is 2.38. The molecule has 1 fully saturated rings. The predicted octanol–water partition coefficient (Wildman–Crippen LogP) is 4.25.